The van der Waals surface area contributed by atoms with Crippen LogP contribution in [-0.4, -0.2) is 42.0 Å². The van der Waals surface area contributed by atoms with Crippen LogP contribution in [0.4, 0.5) is 4.39 Å². The van der Waals surface area contributed by atoms with Gasteiger partial charge in [-0.25, -0.2) is 4.39 Å². The zero-order chi connectivity index (χ0) is 19.6. The van der Waals surface area contributed by atoms with Gasteiger partial charge in [0, 0.05) is 25.8 Å². The maximum absolute atomic E-state index is 14.5. The average Bonchev–Trinajstić information content (AvgIpc) is 3.19. The van der Waals surface area contributed by atoms with Gasteiger partial charge in [-0.3, -0.25) is 9.59 Å². The molecule has 1 aliphatic heterocycles. The highest BCUT2D eigenvalue weighted by Gasteiger charge is 2.45. The molecule has 1 N–H and O–H groups in total. The fourth-order valence-corrected chi connectivity index (χ4v) is 3.20. The molecule has 0 spiro atoms. The fraction of sp³-hybridized carbons (Fsp3) is 0.300. The summed E-state index contributed by atoms with van der Waals surface area (Å²) in [5.74, 6) is -2.10. The molecule has 7 heteroatoms. The Morgan fingerprint density at radius 2 is 2.04 bits per heavy atom. The third kappa shape index (κ3) is 3.50. The van der Waals surface area contributed by atoms with Gasteiger partial charge in [-0.2, -0.15) is 0 Å². The van der Waals surface area contributed by atoms with Crippen molar-refractivity contribution < 1.29 is 28.2 Å². The molecule has 0 radical (unpaired) electrons. The van der Waals surface area contributed by atoms with E-state index in [-0.39, 0.29) is 23.4 Å². The van der Waals surface area contributed by atoms with E-state index in [2.05, 4.69) is 0 Å². The van der Waals surface area contributed by atoms with Crippen LogP contribution in [0.2, 0.25) is 0 Å². The van der Waals surface area contributed by atoms with Gasteiger partial charge in [-0.15, -0.1) is 0 Å². The maximum atomic E-state index is 14.5. The van der Waals surface area contributed by atoms with Crippen LogP contribution in [0.15, 0.2) is 52.1 Å². The van der Waals surface area contributed by atoms with Crippen molar-refractivity contribution in [1.82, 2.24) is 4.90 Å². The number of furan rings is 1. The first-order valence-corrected chi connectivity index (χ1v) is 8.54. The minimum Gasteiger partial charge on any atom is -0.503 e. The lowest BCUT2D eigenvalue weighted by molar-refractivity contribution is -0.129. The van der Waals surface area contributed by atoms with Crippen molar-refractivity contribution in [2.75, 3.05) is 20.3 Å². The number of carbonyl (C=O) groups is 2. The van der Waals surface area contributed by atoms with Gasteiger partial charge in [0.15, 0.2) is 11.5 Å². The molecule has 2 aromatic rings. The predicted molar refractivity (Wildman–Crippen MR) is 94.8 cm³/mol. The summed E-state index contributed by atoms with van der Waals surface area (Å²) < 4.78 is 24.9. The third-order valence-corrected chi connectivity index (χ3v) is 4.46. The highest BCUT2D eigenvalue weighted by molar-refractivity contribution is 6.15. The molecule has 1 aromatic heterocycles. The first kappa shape index (κ1) is 18.8. The van der Waals surface area contributed by atoms with E-state index in [1.54, 1.807) is 19.1 Å². The second kappa shape index (κ2) is 7.75. The number of carbonyl (C=O) groups excluding carboxylic acids is 2. The Labute approximate surface area is 155 Å². The highest BCUT2D eigenvalue weighted by atomic mass is 19.1. The molecule has 1 amide bonds. The van der Waals surface area contributed by atoms with Crippen LogP contribution in [0, 0.1) is 12.7 Å². The van der Waals surface area contributed by atoms with E-state index in [1.807, 2.05) is 0 Å². The van der Waals surface area contributed by atoms with E-state index in [0.29, 0.717) is 18.8 Å². The lowest BCUT2D eigenvalue weighted by Gasteiger charge is -2.26. The van der Waals surface area contributed by atoms with Gasteiger partial charge in [0.1, 0.15) is 11.6 Å². The van der Waals surface area contributed by atoms with Crippen molar-refractivity contribution in [3.63, 3.8) is 0 Å². The molecule has 142 valence electrons. The van der Waals surface area contributed by atoms with Crippen LogP contribution < -0.4 is 0 Å². The predicted octanol–water partition coefficient (Wildman–Crippen LogP) is 3.34. The molecule has 1 atom stereocenters. The number of benzene rings is 1. The smallest absolute Gasteiger partial charge is 0.290 e. The number of nitrogens with zero attached hydrogens (tertiary/aromatic N) is 1. The molecule has 0 aliphatic carbocycles. The molecule has 6 nitrogen and oxygen atoms in total. The standard InChI is InChI=1S/C20H20FNO5/c1-12-8-9-15(27-12)18(23)16-17(13-6-3-4-7-14(13)21)22(10-5-11-26-2)20(25)19(16)24/h3-4,6-9,17,24H,5,10-11H2,1-2H3/t17-/m1/s1. The molecule has 0 saturated carbocycles. The molecule has 0 saturated heterocycles. The number of hydrogen-bond donors (Lipinski definition) is 1. The van der Waals surface area contributed by atoms with Crippen molar-refractivity contribution in [3.05, 3.63) is 70.6 Å². The van der Waals surface area contributed by atoms with Crippen molar-refractivity contribution in [2.45, 2.75) is 19.4 Å². The van der Waals surface area contributed by atoms with E-state index >= 15 is 0 Å². The number of amides is 1. The summed E-state index contributed by atoms with van der Waals surface area (Å²) in [4.78, 5) is 26.9. The third-order valence-electron chi connectivity index (χ3n) is 4.46. The Hall–Kier alpha value is -2.93. The second-order valence-electron chi connectivity index (χ2n) is 6.27. The molecule has 27 heavy (non-hydrogen) atoms. The van der Waals surface area contributed by atoms with Gasteiger partial charge in [0.25, 0.3) is 5.91 Å². The number of methoxy groups -OCH3 is 1. The minimum atomic E-state index is -1.03. The number of aliphatic hydroxyl groups is 1. The van der Waals surface area contributed by atoms with Crippen LogP contribution in [0.1, 0.15) is 34.3 Å². The number of rotatable bonds is 7. The summed E-state index contributed by atoms with van der Waals surface area (Å²) in [7, 11) is 1.53. The lowest BCUT2D eigenvalue weighted by Crippen LogP contribution is -2.33. The van der Waals surface area contributed by atoms with Crippen molar-refractivity contribution in [3.8, 4) is 0 Å². The van der Waals surface area contributed by atoms with Crippen LogP contribution in [-0.2, 0) is 9.53 Å². The Morgan fingerprint density at radius 1 is 1.30 bits per heavy atom. The van der Waals surface area contributed by atoms with Crippen LogP contribution >= 0.6 is 0 Å². The first-order chi connectivity index (χ1) is 13.0. The first-order valence-electron chi connectivity index (χ1n) is 8.54. The number of aliphatic hydroxyl groups excluding tert-OH is 1. The SMILES string of the molecule is COCCCN1C(=O)C(O)=C(C(=O)c2ccc(C)o2)[C@H]1c1ccccc1F. The summed E-state index contributed by atoms with van der Waals surface area (Å²) >= 11 is 0. The number of ether oxygens (including phenoxy) is 1. The lowest BCUT2D eigenvalue weighted by atomic mass is 9.94. The van der Waals surface area contributed by atoms with Gasteiger partial charge in [0.05, 0.1) is 11.6 Å². The van der Waals surface area contributed by atoms with E-state index in [4.69, 9.17) is 9.15 Å². The molecular weight excluding hydrogens is 353 g/mol. The Balaban J connectivity index is 2.06. The van der Waals surface area contributed by atoms with Crippen LogP contribution in [0.25, 0.3) is 0 Å². The maximum Gasteiger partial charge on any atom is 0.290 e. The van der Waals surface area contributed by atoms with Gasteiger partial charge in [-0.1, -0.05) is 18.2 Å². The highest BCUT2D eigenvalue weighted by Crippen LogP contribution is 2.40. The number of Topliss-reactive ketones (excluding diaryl/α,β-unsaturated/α-hetero) is 1. The van der Waals surface area contributed by atoms with Crippen LogP contribution in [0.5, 0.6) is 0 Å². The minimum absolute atomic E-state index is 0.0121. The Morgan fingerprint density at radius 3 is 2.67 bits per heavy atom. The molecule has 1 aliphatic rings. The van der Waals surface area contributed by atoms with E-state index in [0.717, 1.165) is 0 Å². The van der Waals surface area contributed by atoms with Crippen LogP contribution in [0.3, 0.4) is 0 Å². The number of halogens is 1. The summed E-state index contributed by atoms with van der Waals surface area (Å²) in [5, 5.41) is 10.4. The summed E-state index contributed by atoms with van der Waals surface area (Å²) in [6.45, 7) is 2.26. The van der Waals surface area contributed by atoms with Gasteiger partial charge < -0.3 is 19.2 Å². The fourth-order valence-electron chi connectivity index (χ4n) is 3.20. The molecule has 0 fully saturated rings. The molecule has 0 bridgehead atoms. The molecule has 2 heterocycles. The number of hydrogen-bond acceptors (Lipinski definition) is 5. The average molecular weight is 373 g/mol. The zero-order valence-electron chi connectivity index (χ0n) is 15.1. The normalized spacial score (nSPS) is 17.1. The Bertz CT molecular complexity index is 901. The summed E-state index contributed by atoms with van der Waals surface area (Å²) in [6, 6.07) is 7.92. The number of aryl methyl sites for hydroxylation is 1. The number of ketones is 1. The largest absolute Gasteiger partial charge is 0.503 e. The van der Waals surface area contributed by atoms with Crippen molar-refractivity contribution >= 4 is 11.7 Å². The second-order valence-corrected chi connectivity index (χ2v) is 6.27. The van der Waals surface area contributed by atoms with Crippen molar-refractivity contribution in [2.24, 2.45) is 0 Å². The monoisotopic (exact) mass is 373 g/mol. The molecular formula is C20H20FNO5. The summed E-state index contributed by atoms with van der Waals surface area (Å²) in [5.41, 5.74) is -0.0455. The zero-order valence-corrected chi connectivity index (χ0v) is 15.1. The molecule has 3 rings (SSSR count). The summed E-state index contributed by atoms with van der Waals surface area (Å²) in [6.07, 6.45) is 0.474. The molecule has 1 aromatic carbocycles. The van der Waals surface area contributed by atoms with E-state index in [1.165, 1.54) is 36.3 Å². The quantitative estimate of drug-likeness (QED) is 0.595. The van der Waals surface area contributed by atoms with E-state index < -0.39 is 29.3 Å². The van der Waals surface area contributed by atoms with Crippen molar-refractivity contribution in [1.29, 1.82) is 0 Å². The van der Waals surface area contributed by atoms with Gasteiger partial charge >= 0.3 is 0 Å². The molecule has 0 unspecified atom stereocenters. The topological polar surface area (TPSA) is 80.0 Å². The van der Waals surface area contributed by atoms with Gasteiger partial charge in [0.2, 0.25) is 5.78 Å². The van der Waals surface area contributed by atoms with E-state index in [9.17, 15) is 19.1 Å². The van der Waals surface area contributed by atoms with Gasteiger partial charge in [-0.05, 0) is 31.5 Å². The Kier molecular flexibility index (Phi) is 5.41.